The van der Waals surface area contributed by atoms with Gasteiger partial charge in [-0.15, -0.1) is 0 Å². The van der Waals surface area contributed by atoms with Crippen molar-refractivity contribution in [2.45, 2.75) is 13.3 Å². The molecule has 2 rings (SSSR count). The highest BCUT2D eigenvalue weighted by Crippen LogP contribution is 2.23. The molecule has 1 aromatic carbocycles. The Morgan fingerprint density at radius 2 is 1.74 bits per heavy atom. The summed E-state index contributed by atoms with van der Waals surface area (Å²) in [6.45, 7) is 1.94. The first kappa shape index (κ1) is 13.3. The number of esters is 1. The van der Waals surface area contributed by atoms with Crippen LogP contribution in [0.2, 0.25) is 0 Å². The maximum atomic E-state index is 12.0. The first-order valence-corrected chi connectivity index (χ1v) is 6.09. The Hall–Kier alpha value is -2.17. The Morgan fingerprint density at radius 3 is 2.21 bits per heavy atom. The summed E-state index contributed by atoms with van der Waals surface area (Å²) >= 11 is 0. The Labute approximate surface area is 111 Å². The van der Waals surface area contributed by atoms with Crippen LogP contribution in [0.3, 0.4) is 0 Å². The number of carbonyl (C=O) groups excluding carboxylic acids is 3. The van der Waals surface area contributed by atoms with Gasteiger partial charge in [-0.05, 0) is 18.6 Å². The van der Waals surface area contributed by atoms with Crippen LogP contribution in [0.25, 0.3) is 0 Å². The lowest BCUT2D eigenvalue weighted by atomic mass is 10.1. The van der Waals surface area contributed by atoms with E-state index in [1.54, 1.807) is 31.2 Å². The van der Waals surface area contributed by atoms with Crippen LogP contribution in [-0.2, 0) is 9.53 Å². The van der Waals surface area contributed by atoms with Gasteiger partial charge in [0.2, 0.25) is 0 Å². The molecule has 2 amide bonds. The first-order valence-electron chi connectivity index (χ1n) is 6.09. The predicted molar refractivity (Wildman–Crippen MR) is 67.6 cm³/mol. The molecule has 19 heavy (non-hydrogen) atoms. The Balaban J connectivity index is 2.07. The van der Waals surface area contributed by atoms with Gasteiger partial charge < -0.3 is 4.74 Å². The molecule has 0 saturated carbocycles. The number of benzene rings is 1. The fourth-order valence-electron chi connectivity index (χ4n) is 2.08. The summed E-state index contributed by atoms with van der Waals surface area (Å²) in [4.78, 5) is 36.6. The third-order valence-electron chi connectivity index (χ3n) is 3.27. The SMILES string of the molecule is COC(=O)C(C)CCN1C(=O)c2ccccc2C1=O. The summed E-state index contributed by atoms with van der Waals surface area (Å²) in [5.41, 5.74) is 0.858. The second-order valence-corrected chi connectivity index (χ2v) is 4.52. The second-order valence-electron chi connectivity index (χ2n) is 4.52. The van der Waals surface area contributed by atoms with E-state index in [2.05, 4.69) is 4.74 Å². The van der Waals surface area contributed by atoms with Crippen LogP contribution in [0.4, 0.5) is 0 Å². The molecule has 1 heterocycles. The molecule has 5 heteroatoms. The number of fused-ring (bicyclic) bond motifs is 1. The standard InChI is InChI=1S/C14H15NO4/c1-9(14(18)19-2)7-8-15-12(16)10-5-3-4-6-11(10)13(15)17/h3-6,9H,7-8H2,1-2H3. The number of hydrogen-bond donors (Lipinski definition) is 0. The number of nitrogens with zero attached hydrogens (tertiary/aromatic N) is 1. The Morgan fingerprint density at radius 1 is 1.21 bits per heavy atom. The molecule has 100 valence electrons. The molecule has 0 aromatic heterocycles. The minimum Gasteiger partial charge on any atom is -0.469 e. The zero-order valence-corrected chi connectivity index (χ0v) is 10.9. The molecule has 0 radical (unpaired) electrons. The van der Waals surface area contributed by atoms with Gasteiger partial charge >= 0.3 is 5.97 Å². The van der Waals surface area contributed by atoms with Gasteiger partial charge in [0.15, 0.2) is 0 Å². The molecule has 0 aliphatic carbocycles. The molecular formula is C14H15NO4. The summed E-state index contributed by atoms with van der Waals surface area (Å²) in [5, 5.41) is 0. The number of methoxy groups -OCH3 is 1. The average Bonchev–Trinajstić information content (AvgIpc) is 2.68. The zero-order chi connectivity index (χ0) is 14.0. The summed E-state index contributed by atoms with van der Waals surface area (Å²) in [6.07, 6.45) is 0.401. The largest absolute Gasteiger partial charge is 0.469 e. The molecule has 5 nitrogen and oxygen atoms in total. The minimum absolute atomic E-state index is 0.225. The van der Waals surface area contributed by atoms with E-state index in [0.29, 0.717) is 17.5 Å². The van der Waals surface area contributed by atoms with E-state index in [1.165, 1.54) is 12.0 Å². The third-order valence-corrected chi connectivity index (χ3v) is 3.27. The molecule has 1 aromatic rings. The molecular weight excluding hydrogens is 246 g/mol. The number of carbonyl (C=O) groups is 3. The minimum atomic E-state index is -0.339. The van der Waals surface area contributed by atoms with Crippen molar-refractivity contribution in [2.24, 2.45) is 5.92 Å². The van der Waals surface area contributed by atoms with Crippen molar-refractivity contribution >= 4 is 17.8 Å². The second kappa shape index (κ2) is 5.22. The molecule has 0 N–H and O–H groups in total. The quantitative estimate of drug-likeness (QED) is 0.608. The van der Waals surface area contributed by atoms with E-state index in [0.717, 1.165) is 0 Å². The zero-order valence-electron chi connectivity index (χ0n) is 10.9. The summed E-state index contributed by atoms with van der Waals surface area (Å²) in [7, 11) is 1.32. The van der Waals surface area contributed by atoms with Gasteiger partial charge in [0.05, 0.1) is 24.2 Å². The number of amides is 2. The van der Waals surface area contributed by atoms with Gasteiger partial charge in [-0.25, -0.2) is 0 Å². The maximum absolute atomic E-state index is 12.0. The molecule has 1 atom stereocenters. The molecule has 1 unspecified atom stereocenters. The highest BCUT2D eigenvalue weighted by Gasteiger charge is 2.35. The van der Waals surface area contributed by atoms with Crippen molar-refractivity contribution in [3.05, 3.63) is 35.4 Å². The van der Waals surface area contributed by atoms with E-state index in [4.69, 9.17) is 0 Å². The van der Waals surface area contributed by atoms with Gasteiger partial charge in [-0.1, -0.05) is 19.1 Å². The Bertz CT molecular complexity index is 503. The number of hydrogen-bond acceptors (Lipinski definition) is 4. The van der Waals surface area contributed by atoms with Crippen LogP contribution in [0, 0.1) is 5.92 Å². The Kier molecular flexibility index (Phi) is 3.64. The smallest absolute Gasteiger partial charge is 0.308 e. The predicted octanol–water partition coefficient (Wildman–Crippen LogP) is 1.48. The molecule has 1 aliphatic heterocycles. The maximum Gasteiger partial charge on any atom is 0.308 e. The van der Waals surface area contributed by atoms with Crippen molar-refractivity contribution in [3.8, 4) is 0 Å². The van der Waals surface area contributed by atoms with Crippen LogP contribution >= 0.6 is 0 Å². The highest BCUT2D eigenvalue weighted by atomic mass is 16.5. The summed E-state index contributed by atoms with van der Waals surface area (Å²) < 4.78 is 4.62. The average molecular weight is 261 g/mol. The van der Waals surface area contributed by atoms with Crippen LogP contribution in [0.1, 0.15) is 34.1 Å². The molecule has 0 fully saturated rings. The van der Waals surface area contributed by atoms with E-state index < -0.39 is 0 Å². The lowest BCUT2D eigenvalue weighted by Crippen LogP contribution is -2.32. The van der Waals surface area contributed by atoms with Crippen molar-refractivity contribution in [1.82, 2.24) is 4.90 Å². The number of imide groups is 1. The van der Waals surface area contributed by atoms with E-state index in [9.17, 15) is 14.4 Å². The van der Waals surface area contributed by atoms with Crippen LogP contribution in [0.15, 0.2) is 24.3 Å². The topological polar surface area (TPSA) is 63.7 Å². The molecule has 0 bridgehead atoms. The molecule has 0 spiro atoms. The van der Waals surface area contributed by atoms with Crippen molar-refractivity contribution in [1.29, 1.82) is 0 Å². The fourth-order valence-corrected chi connectivity index (χ4v) is 2.08. The summed E-state index contributed by atoms with van der Waals surface area (Å²) in [5.74, 6) is -1.26. The van der Waals surface area contributed by atoms with Crippen LogP contribution in [0.5, 0.6) is 0 Å². The van der Waals surface area contributed by atoms with Crippen molar-refractivity contribution < 1.29 is 19.1 Å². The third kappa shape index (κ3) is 2.36. The van der Waals surface area contributed by atoms with E-state index in [-0.39, 0.29) is 30.2 Å². The fraction of sp³-hybridized carbons (Fsp3) is 0.357. The number of rotatable bonds is 4. The van der Waals surface area contributed by atoms with E-state index in [1.807, 2.05) is 0 Å². The van der Waals surface area contributed by atoms with Gasteiger partial charge in [0.25, 0.3) is 11.8 Å². The lowest BCUT2D eigenvalue weighted by Gasteiger charge is -2.16. The van der Waals surface area contributed by atoms with Crippen LogP contribution in [-0.4, -0.2) is 36.3 Å². The normalized spacial score (nSPS) is 15.4. The first-order chi connectivity index (χ1) is 9.06. The lowest BCUT2D eigenvalue weighted by molar-refractivity contribution is -0.145. The van der Waals surface area contributed by atoms with E-state index >= 15 is 0 Å². The van der Waals surface area contributed by atoms with Gasteiger partial charge in [-0.2, -0.15) is 0 Å². The van der Waals surface area contributed by atoms with Crippen LogP contribution < -0.4 is 0 Å². The van der Waals surface area contributed by atoms with Crippen molar-refractivity contribution in [3.63, 3.8) is 0 Å². The monoisotopic (exact) mass is 261 g/mol. The molecule has 0 saturated heterocycles. The molecule has 1 aliphatic rings. The summed E-state index contributed by atoms with van der Waals surface area (Å²) in [6, 6.07) is 6.73. The van der Waals surface area contributed by atoms with Gasteiger partial charge in [0, 0.05) is 6.54 Å². The van der Waals surface area contributed by atoms with Crippen molar-refractivity contribution in [2.75, 3.05) is 13.7 Å². The number of ether oxygens (including phenoxy) is 1. The van der Waals surface area contributed by atoms with Gasteiger partial charge in [0.1, 0.15) is 0 Å². The van der Waals surface area contributed by atoms with Gasteiger partial charge in [-0.3, -0.25) is 19.3 Å². The highest BCUT2D eigenvalue weighted by molar-refractivity contribution is 6.21.